The topological polar surface area (TPSA) is 72.6 Å². The molecule has 0 saturated carbocycles. The van der Waals surface area contributed by atoms with Gasteiger partial charge in [-0.05, 0) is 22.9 Å². The van der Waals surface area contributed by atoms with Gasteiger partial charge in [0.05, 0.1) is 11.6 Å². The van der Waals surface area contributed by atoms with Crippen LogP contribution in [-0.4, -0.2) is 27.7 Å². The Labute approximate surface area is 123 Å². The van der Waals surface area contributed by atoms with Crippen LogP contribution in [-0.2, 0) is 10.0 Å². The first-order chi connectivity index (χ1) is 8.87. The third-order valence-corrected chi connectivity index (χ3v) is 6.54. The zero-order valence-corrected chi connectivity index (χ0v) is 13.6. The SMILES string of the molecule is COc1c(Br)csc1S(=O)(=O)N(C)c1cc(C)on1. The van der Waals surface area contributed by atoms with Crippen LogP contribution in [0, 0.1) is 6.92 Å². The number of aryl methyl sites for hydroxylation is 1. The molecule has 19 heavy (non-hydrogen) atoms. The van der Waals surface area contributed by atoms with Crippen LogP contribution in [0.2, 0.25) is 0 Å². The minimum Gasteiger partial charge on any atom is -0.493 e. The highest BCUT2D eigenvalue weighted by molar-refractivity contribution is 9.10. The maximum Gasteiger partial charge on any atom is 0.278 e. The monoisotopic (exact) mass is 366 g/mol. The number of ether oxygens (including phenoxy) is 1. The summed E-state index contributed by atoms with van der Waals surface area (Å²) < 4.78 is 36.7. The fourth-order valence-corrected chi connectivity index (χ4v) is 4.91. The smallest absolute Gasteiger partial charge is 0.278 e. The molecule has 0 aliphatic heterocycles. The van der Waals surface area contributed by atoms with E-state index in [1.807, 2.05) is 0 Å². The summed E-state index contributed by atoms with van der Waals surface area (Å²) in [5, 5.41) is 5.35. The number of nitrogens with zero attached hydrogens (tertiary/aromatic N) is 2. The van der Waals surface area contributed by atoms with Crippen molar-refractivity contribution in [2.45, 2.75) is 11.1 Å². The van der Waals surface area contributed by atoms with Gasteiger partial charge >= 0.3 is 0 Å². The number of sulfonamides is 1. The highest BCUT2D eigenvalue weighted by atomic mass is 79.9. The van der Waals surface area contributed by atoms with Gasteiger partial charge in [-0.2, -0.15) is 8.42 Å². The van der Waals surface area contributed by atoms with Crippen LogP contribution in [0.4, 0.5) is 5.82 Å². The number of rotatable bonds is 4. The maximum atomic E-state index is 12.5. The first kappa shape index (κ1) is 14.4. The van der Waals surface area contributed by atoms with Crippen LogP contribution in [0.25, 0.3) is 0 Å². The molecule has 2 heterocycles. The lowest BCUT2D eigenvalue weighted by Crippen LogP contribution is -2.26. The van der Waals surface area contributed by atoms with Crippen LogP contribution in [0.5, 0.6) is 5.75 Å². The highest BCUT2D eigenvalue weighted by Gasteiger charge is 2.30. The standard InChI is InChI=1S/C10H11BrN2O4S2/c1-6-4-8(12-17-6)13(2)19(14,15)10-9(16-3)7(11)5-18-10/h4-5H,1-3H3. The summed E-state index contributed by atoms with van der Waals surface area (Å²) >= 11 is 4.33. The Bertz CT molecular complexity index is 692. The fourth-order valence-electron chi connectivity index (χ4n) is 1.42. The zero-order chi connectivity index (χ0) is 14.2. The molecule has 0 spiro atoms. The Hall–Kier alpha value is -1.06. The van der Waals surface area contributed by atoms with Crippen LogP contribution < -0.4 is 9.04 Å². The molecule has 0 aromatic carbocycles. The minimum atomic E-state index is -3.73. The fraction of sp³-hybridized carbons (Fsp3) is 0.300. The van der Waals surface area contributed by atoms with Gasteiger partial charge in [-0.25, -0.2) is 4.31 Å². The highest BCUT2D eigenvalue weighted by Crippen LogP contribution is 2.40. The second kappa shape index (κ2) is 5.14. The van der Waals surface area contributed by atoms with Crippen molar-refractivity contribution in [2.24, 2.45) is 0 Å². The van der Waals surface area contributed by atoms with E-state index in [0.29, 0.717) is 10.2 Å². The van der Waals surface area contributed by atoms with Crippen LogP contribution >= 0.6 is 27.3 Å². The molecular formula is C10H11BrN2O4S2. The summed E-state index contributed by atoms with van der Waals surface area (Å²) in [7, 11) is -0.887. The molecule has 0 saturated heterocycles. The zero-order valence-electron chi connectivity index (χ0n) is 10.4. The average molecular weight is 367 g/mol. The van der Waals surface area contributed by atoms with E-state index in [4.69, 9.17) is 9.26 Å². The predicted molar refractivity (Wildman–Crippen MR) is 75.4 cm³/mol. The Balaban J connectivity index is 2.47. The summed E-state index contributed by atoms with van der Waals surface area (Å²) in [4.78, 5) is 0. The minimum absolute atomic E-state index is 0.116. The molecule has 0 fully saturated rings. The number of hydrogen-bond donors (Lipinski definition) is 0. The number of halogens is 1. The average Bonchev–Trinajstić information content (AvgIpc) is 2.94. The van der Waals surface area contributed by atoms with E-state index in [9.17, 15) is 8.42 Å². The van der Waals surface area contributed by atoms with Gasteiger partial charge in [-0.3, -0.25) is 0 Å². The van der Waals surface area contributed by atoms with Gasteiger partial charge < -0.3 is 9.26 Å². The summed E-state index contributed by atoms with van der Waals surface area (Å²) in [5.41, 5.74) is 0. The van der Waals surface area contributed by atoms with Crippen LogP contribution in [0.3, 0.4) is 0 Å². The summed E-state index contributed by atoms with van der Waals surface area (Å²) in [6.45, 7) is 1.69. The van der Waals surface area contributed by atoms with Crippen LogP contribution in [0.15, 0.2) is 24.7 Å². The second-order valence-corrected chi connectivity index (χ2v) is 7.57. The Morgan fingerprint density at radius 3 is 2.74 bits per heavy atom. The second-order valence-electron chi connectivity index (χ2n) is 3.67. The molecule has 0 bridgehead atoms. The first-order valence-electron chi connectivity index (χ1n) is 5.11. The van der Waals surface area contributed by atoms with E-state index in [1.54, 1.807) is 18.4 Å². The molecule has 0 unspecified atom stereocenters. The van der Waals surface area contributed by atoms with E-state index in [-0.39, 0.29) is 15.8 Å². The lowest BCUT2D eigenvalue weighted by molar-refractivity contribution is 0.398. The maximum absolute atomic E-state index is 12.5. The summed E-state index contributed by atoms with van der Waals surface area (Å²) in [6, 6.07) is 1.55. The number of aromatic nitrogens is 1. The lowest BCUT2D eigenvalue weighted by atomic mass is 10.5. The summed E-state index contributed by atoms with van der Waals surface area (Å²) in [6.07, 6.45) is 0. The number of thiophene rings is 1. The van der Waals surface area contributed by atoms with Gasteiger partial charge in [0, 0.05) is 18.5 Å². The van der Waals surface area contributed by atoms with Crippen molar-refractivity contribution < 1.29 is 17.7 Å². The van der Waals surface area contributed by atoms with Gasteiger partial charge in [0.2, 0.25) is 0 Å². The van der Waals surface area contributed by atoms with Crippen molar-refractivity contribution in [3.05, 3.63) is 21.7 Å². The van der Waals surface area contributed by atoms with Gasteiger partial charge in [0.1, 0.15) is 5.76 Å². The molecule has 104 valence electrons. The van der Waals surface area contributed by atoms with Crippen molar-refractivity contribution >= 4 is 43.1 Å². The molecule has 0 amide bonds. The molecule has 0 N–H and O–H groups in total. The summed E-state index contributed by atoms with van der Waals surface area (Å²) in [5.74, 6) is 1.05. The van der Waals surface area contributed by atoms with Crippen molar-refractivity contribution in [2.75, 3.05) is 18.5 Å². The van der Waals surface area contributed by atoms with Crippen molar-refractivity contribution in [1.82, 2.24) is 5.16 Å². The normalized spacial score (nSPS) is 11.6. The largest absolute Gasteiger partial charge is 0.493 e. The predicted octanol–water partition coefficient (Wildman–Crippen LogP) is 2.64. The van der Waals surface area contributed by atoms with Crippen molar-refractivity contribution in [1.29, 1.82) is 0 Å². The molecule has 0 aliphatic rings. The van der Waals surface area contributed by atoms with E-state index in [0.717, 1.165) is 15.6 Å². The Kier molecular flexibility index (Phi) is 3.88. The molecular weight excluding hydrogens is 356 g/mol. The molecule has 2 aromatic rings. The first-order valence-corrected chi connectivity index (χ1v) is 8.22. The molecule has 2 aromatic heterocycles. The number of hydrogen-bond acceptors (Lipinski definition) is 6. The molecule has 9 heteroatoms. The molecule has 2 rings (SSSR count). The van der Waals surface area contributed by atoms with Gasteiger partial charge in [0.15, 0.2) is 15.8 Å². The van der Waals surface area contributed by atoms with Crippen LogP contribution in [0.1, 0.15) is 5.76 Å². The van der Waals surface area contributed by atoms with Gasteiger partial charge in [-0.15, -0.1) is 11.3 Å². The van der Waals surface area contributed by atoms with E-state index >= 15 is 0 Å². The van der Waals surface area contributed by atoms with E-state index in [2.05, 4.69) is 21.1 Å². The van der Waals surface area contributed by atoms with Crippen molar-refractivity contribution in [3.63, 3.8) is 0 Å². The Morgan fingerprint density at radius 2 is 2.21 bits per heavy atom. The third kappa shape index (κ3) is 2.49. The molecule has 0 radical (unpaired) electrons. The number of anilines is 1. The molecule has 6 nitrogen and oxygen atoms in total. The molecule has 0 aliphatic carbocycles. The lowest BCUT2D eigenvalue weighted by Gasteiger charge is -2.15. The number of methoxy groups -OCH3 is 1. The van der Waals surface area contributed by atoms with Gasteiger partial charge in [0.25, 0.3) is 10.0 Å². The Morgan fingerprint density at radius 1 is 1.53 bits per heavy atom. The quantitative estimate of drug-likeness (QED) is 0.831. The third-order valence-electron chi connectivity index (χ3n) is 2.41. The van der Waals surface area contributed by atoms with Crippen molar-refractivity contribution in [3.8, 4) is 5.75 Å². The van der Waals surface area contributed by atoms with E-state index < -0.39 is 10.0 Å². The van der Waals surface area contributed by atoms with Gasteiger partial charge in [-0.1, -0.05) is 5.16 Å². The molecule has 0 atom stereocenters. The van der Waals surface area contributed by atoms with E-state index in [1.165, 1.54) is 14.2 Å².